The van der Waals surface area contributed by atoms with Crippen molar-refractivity contribution >= 4 is 29.8 Å². The van der Waals surface area contributed by atoms with E-state index in [0.29, 0.717) is 22.1 Å². The zero-order valence-corrected chi connectivity index (χ0v) is 14.1. The second-order valence-electron chi connectivity index (χ2n) is 4.73. The van der Waals surface area contributed by atoms with Crippen LogP contribution in [0.25, 0.3) is 6.08 Å². The molecule has 5 nitrogen and oxygen atoms in total. The van der Waals surface area contributed by atoms with Crippen LogP contribution < -0.4 is 14.9 Å². The number of carbonyl (C=O) groups excluding carboxylic acids is 1. The van der Waals surface area contributed by atoms with Crippen LogP contribution in [0.4, 0.5) is 0 Å². The maximum Gasteiger partial charge on any atom is 0.264 e. The van der Waals surface area contributed by atoms with Gasteiger partial charge >= 0.3 is 0 Å². The molecule has 6 heteroatoms. The summed E-state index contributed by atoms with van der Waals surface area (Å²) in [5, 5.41) is 4.57. The van der Waals surface area contributed by atoms with Crippen molar-refractivity contribution in [1.29, 1.82) is 0 Å². The SMILES string of the molecule is COc1ccc(OC)c(/C=N/NC(=O)/C=C/c2ccc(Cl)cc2)c1. The number of nitrogens with one attached hydrogen (secondary N) is 1. The van der Waals surface area contributed by atoms with Crippen LogP contribution in [0.1, 0.15) is 11.1 Å². The molecule has 2 aromatic carbocycles. The molecule has 2 aromatic rings. The number of nitrogens with zero attached hydrogens (tertiary/aromatic N) is 1. The number of benzene rings is 2. The van der Waals surface area contributed by atoms with E-state index >= 15 is 0 Å². The molecule has 0 aliphatic carbocycles. The smallest absolute Gasteiger partial charge is 0.264 e. The van der Waals surface area contributed by atoms with Crippen LogP contribution in [-0.2, 0) is 4.79 Å². The van der Waals surface area contributed by atoms with Crippen molar-refractivity contribution in [2.24, 2.45) is 5.10 Å². The van der Waals surface area contributed by atoms with E-state index in [1.165, 1.54) is 12.3 Å². The van der Waals surface area contributed by atoms with Crippen LogP contribution in [0.5, 0.6) is 11.5 Å². The number of carbonyl (C=O) groups is 1. The molecule has 2 rings (SSSR count). The van der Waals surface area contributed by atoms with Gasteiger partial charge in [0.2, 0.25) is 0 Å². The second kappa shape index (κ2) is 8.74. The molecule has 0 aliphatic heterocycles. The van der Waals surface area contributed by atoms with Crippen molar-refractivity contribution in [3.8, 4) is 11.5 Å². The molecule has 1 N–H and O–H groups in total. The fourth-order valence-electron chi connectivity index (χ4n) is 1.89. The van der Waals surface area contributed by atoms with Crippen molar-refractivity contribution in [3.63, 3.8) is 0 Å². The fraction of sp³-hybridized carbons (Fsp3) is 0.111. The summed E-state index contributed by atoms with van der Waals surface area (Å²) in [4.78, 5) is 11.8. The van der Waals surface area contributed by atoms with Gasteiger partial charge in [0, 0.05) is 16.7 Å². The van der Waals surface area contributed by atoms with Crippen molar-refractivity contribution in [2.45, 2.75) is 0 Å². The third-order valence-electron chi connectivity index (χ3n) is 3.11. The summed E-state index contributed by atoms with van der Waals surface area (Å²) in [5.74, 6) is 0.958. The van der Waals surface area contributed by atoms with Gasteiger partial charge in [-0.1, -0.05) is 23.7 Å². The minimum absolute atomic E-state index is 0.344. The molecule has 0 saturated heterocycles. The van der Waals surface area contributed by atoms with Crippen molar-refractivity contribution in [2.75, 3.05) is 14.2 Å². The number of halogens is 1. The van der Waals surface area contributed by atoms with E-state index in [4.69, 9.17) is 21.1 Å². The quantitative estimate of drug-likeness (QED) is 0.495. The average Bonchev–Trinajstić information content (AvgIpc) is 2.61. The lowest BCUT2D eigenvalue weighted by Gasteiger charge is -2.06. The first kappa shape index (κ1) is 17.6. The Morgan fingerprint density at radius 3 is 2.54 bits per heavy atom. The zero-order chi connectivity index (χ0) is 17.4. The summed E-state index contributed by atoms with van der Waals surface area (Å²) in [6, 6.07) is 12.5. The van der Waals surface area contributed by atoms with Gasteiger partial charge < -0.3 is 9.47 Å². The highest BCUT2D eigenvalue weighted by molar-refractivity contribution is 6.30. The number of hydrazone groups is 1. The van der Waals surface area contributed by atoms with Gasteiger partial charge in [-0.3, -0.25) is 4.79 Å². The molecule has 0 atom stereocenters. The molecule has 124 valence electrons. The summed E-state index contributed by atoms with van der Waals surface area (Å²) in [7, 11) is 3.14. The highest BCUT2D eigenvalue weighted by Crippen LogP contribution is 2.22. The topological polar surface area (TPSA) is 59.9 Å². The van der Waals surface area contributed by atoms with Crippen LogP contribution >= 0.6 is 11.6 Å². The summed E-state index contributed by atoms with van der Waals surface area (Å²) >= 11 is 5.81. The number of rotatable bonds is 6. The van der Waals surface area contributed by atoms with E-state index in [9.17, 15) is 4.79 Å². The molecule has 0 aliphatic rings. The van der Waals surface area contributed by atoms with E-state index in [-0.39, 0.29) is 5.91 Å². The van der Waals surface area contributed by atoms with Gasteiger partial charge in [-0.15, -0.1) is 0 Å². The molecule has 0 unspecified atom stereocenters. The molecule has 24 heavy (non-hydrogen) atoms. The Hall–Kier alpha value is -2.79. The summed E-state index contributed by atoms with van der Waals surface area (Å²) in [6.45, 7) is 0. The first-order valence-corrected chi connectivity index (χ1v) is 7.49. The van der Waals surface area contributed by atoms with E-state index in [1.807, 2.05) is 12.1 Å². The highest BCUT2D eigenvalue weighted by atomic mass is 35.5. The van der Waals surface area contributed by atoms with Crippen LogP contribution in [0.15, 0.2) is 53.6 Å². The molecule has 0 heterocycles. The van der Waals surface area contributed by atoms with E-state index < -0.39 is 0 Å². The van der Waals surface area contributed by atoms with Crippen molar-refractivity contribution in [3.05, 3.63) is 64.7 Å². The van der Waals surface area contributed by atoms with Crippen molar-refractivity contribution < 1.29 is 14.3 Å². The van der Waals surface area contributed by atoms with E-state index in [0.717, 1.165) is 5.56 Å². The largest absolute Gasteiger partial charge is 0.497 e. The fourth-order valence-corrected chi connectivity index (χ4v) is 2.01. The minimum atomic E-state index is -0.344. The van der Waals surface area contributed by atoms with Gasteiger partial charge in [-0.2, -0.15) is 5.10 Å². The van der Waals surface area contributed by atoms with Crippen LogP contribution in [-0.4, -0.2) is 26.3 Å². The molecule has 0 radical (unpaired) electrons. The number of amides is 1. The summed E-state index contributed by atoms with van der Waals surface area (Å²) in [5.41, 5.74) is 3.98. The van der Waals surface area contributed by atoms with Gasteiger partial charge in [-0.05, 0) is 42.0 Å². The molecular weight excluding hydrogens is 328 g/mol. The Morgan fingerprint density at radius 1 is 1.12 bits per heavy atom. The first-order chi connectivity index (χ1) is 11.6. The van der Waals surface area contributed by atoms with E-state index in [2.05, 4.69) is 10.5 Å². The predicted octanol–water partition coefficient (Wildman–Crippen LogP) is 3.52. The Morgan fingerprint density at radius 2 is 1.88 bits per heavy atom. The predicted molar refractivity (Wildman–Crippen MR) is 95.8 cm³/mol. The van der Waals surface area contributed by atoms with Gasteiger partial charge in [0.1, 0.15) is 11.5 Å². The Labute approximate surface area is 145 Å². The Balaban J connectivity index is 1.98. The standard InChI is InChI=1S/C18H17ClN2O3/c1-23-16-8-9-17(24-2)14(11-16)12-20-21-18(22)10-5-13-3-6-15(19)7-4-13/h3-12H,1-2H3,(H,21,22)/b10-5+,20-12+. The van der Waals surface area contributed by atoms with Gasteiger partial charge in [0.25, 0.3) is 5.91 Å². The third kappa shape index (κ3) is 5.14. The van der Waals surface area contributed by atoms with Crippen LogP contribution in [0.2, 0.25) is 5.02 Å². The number of hydrogen-bond acceptors (Lipinski definition) is 4. The van der Waals surface area contributed by atoms with E-state index in [1.54, 1.807) is 50.6 Å². The Bertz CT molecular complexity index is 755. The molecular formula is C18H17ClN2O3. The monoisotopic (exact) mass is 344 g/mol. The summed E-state index contributed by atoms with van der Waals surface area (Å²) in [6.07, 6.45) is 4.56. The summed E-state index contributed by atoms with van der Waals surface area (Å²) < 4.78 is 10.4. The van der Waals surface area contributed by atoms with Crippen LogP contribution in [0, 0.1) is 0 Å². The minimum Gasteiger partial charge on any atom is -0.497 e. The average molecular weight is 345 g/mol. The lowest BCUT2D eigenvalue weighted by Crippen LogP contribution is -2.14. The molecule has 0 aromatic heterocycles. The molecule has 0 spiro atoms. The van der Waals surface area contributed by atoms with Gasteiger partial charge in [-0.25, -0.2) is 5.43 Å². The Kier molecular flexibility index (Phi) is 6.40. The highest BCUT2D eigenvalue weighted by Gasteiger charge is 2.02. The van der Waals surface area contributed by atoms with Gasteiger partial charge in [0.05, 0.1) is 20.4 Å². The normalized spacial score (nSPS) is 11.0. The molecule has 1 amide bonds. The number of ether oxygens (including phenoxy) is 2. The van der Waals surface area contributed by atoms with Crippen molar-refractivity contribution in [1.82, 2.24) is 5.43 Å². The molecule has 0 saturated carbocycles. The lowest BCUT2D eigenvalue weighted by molar-refractivity contribution is -0.116. The molecule has 0 fully saturated rings. The first-order valence-electron chi connectivity index (χ1n) is 7.11. The molecule has 0 bridgehead atoms. The maximum absolute atomic E-state index is 11.8. The zero-order valence-electron chi connectivity index (χ0n) is 13.3. The second-order valence-corrected chi connectivity index (χ2v) is 5.16. The van der Waals surface area contributed by atoms with Gasteiger partial charge in [0.15, 0.2) is 0 Å². The number of methoxy groups -OCH3 is 2. The lowest BCUT2D eigenvalue weighted by atomic mass is 10.2. The number of hydrogen-bond donors (Lipinski definition) is 1. The van der Waals surface area contributed by atoms with Crippen LogP contribution in [0.3, 0.4) is 0 Å². The maximum atomic E-state index is 11.8. The third-order valence-corrected chi connectivity index (χ3v) is 3.36.